The van der Waals surface area contributed by atoms with Gasteiger partial charge in [0.2, 0.25) is 0 Å². The van der Waals surface area contributed by atoms with Gasteiger partial charge >= 0.3 is 6.03 Å². The van der Waals surface area contributed by atoms with Crippen molar-refractivity contribution in [2.24, 2.45) is 4.99 Å². The average Bonchev–Trinajstić information content (AvgIpc) is 3.00. The summed E-state index contributed by atoms with van der Waals surface area (Å²) in [7, 11) is 1.76. The molecule has 0 aromatic heterocycles. The van der Waals surface area contributed by atoms with Crippen LogP contribution in [0.4, 0.5) is 10.5 Å². The van der Waals surface area contributed by atoms with Crippen LogP contribution in [-0.4, -0.2) is 67.6 Å². The molecule has 2 aliphatic rings. The molecule has 3 amide bonds. The van der Waals surface area contributed by atoms with Gasteiger partial charge < -0.3 is 20.9 Å². The van der Waals surface area contributed by atoms with Gasteiger partial charge in [0.1, 0.15) is 5.54 Å². The van der Waals surface area contributed by atoms with Gasteiger partial charge in [-0.05, 0) is 44.7 Å². The summed E-state index contributed by atoms with van der Waals surface area (Å²) >= 11 is 0. The Labute approximate surface area is 202 Å². The lowest BCUT2D eigenvalue weighted by atomic mass is 9.99. The number of amides is 3. The summed E-state index contributed by atoms with van der Waals surface area (Å²) < 4.78 is 0. The molecule has 0 aliphatic carbocycles. The van der Waals surface area contributed by atoms with E-state index in [0.29, 0.717) is 32.0 Å². The first-order valence-electron chi connectivity index (χ1n) is 10.9. The highest BCUT2D eigenvalue weighted by Crippen LogP contribution is 2.21. The van der Waals surface area contributed by atoms with E-state index in [2.05, 4.69) is 50.1 Å². The molecule has 1 unspecified atom stereocenters. The molecule has 1 atom stereocenters. The highest BCUT2D eigenvalue weighted by Gasteiger charge is 2.45. The number of aliphatic imine (C=N–C) groups is 1. The molecule has 2 heterocycles. The van der Waals surface area contributed by atoms with E-state index >= 15 is 0 Å². The number of urea groups is 1. The molecule has 31 heavy (non-hydrogen) atoms. The van der Waals surface area contributed by atoms with Gasteiger partial charge in [0.15, 0.2) is 5.96 Å². The zero-order chi connectivity index (χ0) is 21.6. The third kappa shape index (κ3) is 6.24. The van der Waals surface area contributed by atoms with Gasteiger partial charge in [-0.3, -0.25) is 14.7 Å². The number of carbonyl (C=O) groups excluding carboxylic acids is 2. The first kappa shape index (κ1) is 25.2. The van der Waals surface area contributed by atoms with Crippen LogP contribution < -0.4 is 20.9 Å². The molecular formula is C22H35IN6O2. The lowest BCUT2D eigenvalue weighted by Gasteiger charge is -2.34. The van der Waals surface area contributed by atoms with E-state index < -0.39 is 5.54 Å². The number of rotatable bonds is 7. The van der Waals surface area contributed by atoms with E-state index in [4.69, 9.17) is 0 Å². The summed E-state index contributed by atoms with van der Waals surface area (Å²) in [6.45, 7) is 6.76. The van der Waals surface area contributed by atoms with Gasteiger partial charge in [0.25, 0.3) is 5.91 Å². The topological polar surface area (TPSA) is 89.1 Å². The van der Waals surface area contributed by atoms with E-state index in [1.54, 1.807) is 14.0 Å². The van der Waals surface area contributed by atoms with Crippen molar-refractivity contribution in [3.63, 3.8) is 0 Å². The van der Waals surface area contributed by atoms with Gasteiger partial charge in [0, 0.05) is 45.0 Å². The number of guanidine groups is 1. The summed E-state index contributed by atoms with van der Waals surface area (Å²) in [5.74, 6) is 0.631. The van der Waals surface area contributed by atoms with Crippen molar-refractivity contribution in [1.82, 2.24) is 20.9 Å². The van der Waals surface area contributed by atoms with Gasteiger partial charge in [-0.2, -0.15) is 0 Å². The molecular weight excluding hydrogens is 507 g/mol. The number of para-hydroxylation sites is 1. The summed E-state index contributed by atoms with van der Waals surface area (Å²) in [6, 6.07) is 10.6. The molecule has 8 nitrogen and oxygen atoms in total. The second kappa shape index (κ2) is 11.5. The fraction of sp³-hybridized carbons (Fsp3) is 0.591. The Kier molecular flexibility index (Phi) is 9.39. The molecule has 2 saturated heterocycles. The molecule has 0 radical (unpaired) electrons. The maximum Gasteiger partial charge on any atom is 0.325 e. The van der Waals surface area contributed by atoms with Gasteiger partial charge in [-0.15, -0.1) is 24.0 Å². The van der Waals surface area contributed by atoms with Crippen LogP contribution in [0.3, 0.4) is 0 Å². The van der Waals surface area contributed by atoms with Gasteiger partial charge in [0.05, 0.1) is 0 Å². The van der Waals surface area contributed by atoms with Crippen LogP contribution in [0.1, 0.15) is 39.5 Å². The standard InChI is InChI=1S/C22H34N6O2.HI/c1-4-22(2)19(29)28(21(30)26-22)14-8-13-24-20(23-3)25-17-11-15-27(16-12-17)18-9-6-5-7-10-18;/h5-7,9-10,17H,4,8,11-16H2,1-3H3,(H,26,30)(H2,23,24,25);1H. The molecule has 3 rings (SSSR count). The summed E-state index contributed by atoms with van der Waals surface area (Å²) in [5.41, 5.74) is 0.509. The van der Waals surface area contributed by atoms with Gasteiger partial charge in [-0.1, -0.05) is 25.1 Å². The smallest absolute Gasteiger partial charge is 0.325 e. The molecule has 0 bridgehead atoms. The number of benzene rings is 1. The Balaban J connectivity index is 0.00000341. The number of hydrogen-bond acceptors (Lipinski definition) is 4. The van der Waals surface area contributed by atoms with Crippen molar-refractivity contribution in [2.75, 3.05) is 38.1 Å². The molecule has 1 aromatic rings. The van der Waals surface area contributed by atoms with Crippen molar-refractivity contribution in [1.29, 1.82) is 0 Å². The van der Waals surface area contributed by atoms with E-state index in [1.165, 1.54) is 10.6 Å². The summed E-state index contributed by atoms with van der Waals surface area (Å²) in [5, 5.41) is 9.59. The van der Waals surface area contributed by atoms with E-state index in [9.17, 15) is 9.59 Å². The number of imide groups is 1. The fourth-order valence-electron chi connectivity index (χ4n) is 3.94. The monoisotopic (exact) mass is 542 g/mol. The Morgan fingerprint density at radius 3 is 2.48 bits per heavy atom. The number of halogens is 1. The zero-order valence-electron chi connectivity index (χ0n) is 18.7. The van der Waals surface area contributed by atoms with Crippen molar-refractivity contribution < 1.29 is 9.59 Å². The van der Waals surface area contributed by atoms with E-state index in [0.717, 1.165) is 31.9 Å². The molecule has 0 saturated carbocycles. The summed E-state index contributed by atoms with van der Waals surface area (Å²) in [6.07, 6.45) is 3.36. The van der Waals surface area contributed by atoms with Crippen LogP contribution in [0, 0.1) is 0 Å². The molecule has 172 valence electrons. The summed E-state index contributed by atoms with van der Waals surface area (Å²) in [4.78, 5) is 32.5. The highest BCUT2D eigenvalue weighted by atomic mass is 127. The van der Waals surface area contributed by atoms with Gasteiger partial charge in [-0.25, -0.2) is 4.79 Å². The van der Waals surface area contributed by atoms with Crippen LogP contribution >= 0.6 is 24.0 Å². The van der Waals surface area contributed by atoms with Crippen LogP contribution in [0.25, 0.3) is 0 Å². The minimum Gasteiger partial charge on any atom is -0.371 e. The molecule has 3 N–H and O–H groups in total. The predicted octanol–water partition coefficient (Wildman–Crippen LogP) is 2.55. The number of carbonyl (C=O) groups is 2. The molecule has 2 aliphatic heterocycles. The highest BCUT2D eigenvalue weighted by molar-refractivity contribution is 14.0. The van der Waals surface area contributed by atoms with Crippen molar-refractivity contribution >= 4 is 47.6 Å². The second-order valence-electron chi connectivity index (χ2n) is 8.17. The Bertz CT molecular complexity index is 767. The fourth-order valence-corrected chi connectivity index (χ4v) is 3.94. The number of hydrogen-bond donors (Lipinski definition) is 3. The lowest BCUT2D eigenvalue weighted by Crippen LogP contribution is -2.49. The number of nitrogens with one attached hydrogen (secondary N) is 3. The van der Waals surface area contributed by atoms with E-state index in [1.807, 2.05) is 13.0 Å². The first-order chi connectivity index (χ1) is 14.5. The van der Waals surface area contributed by atoms with Crippen molar-refractivity contribution in [3.05, 3.63) is 30.3 Å². The van der Waals surface area contributed by atoms with Crippen LogP contribution in [0.15, 0.2) is 35.3 Å². The quantitative estimate of drug-likeness (QED) is 0.162. The molecule has 1 aromatic carbocycles. The first-order valence-corrected chi connectivity index (χ1v) is 10.9. The van der Waals surface area contributed by atoms with Crippen LogP contribution in [-0.2, 0) is 4.79 Å². The number of nitrogens with zero attached hydrogens (tertiary/aromatic N) is 3. The number of piperidine rings is 1. The Morgan fingerprint density at radius 1 is 1.23 bits per heavy atom. The third-order valence-electron chi connectivity index (χ3n) is 6.08. The van der Waals surface area contributed by atoms with Crippen LogP contribution in [0.2, 0.25) is 0 Å². The SMILES string of the molecule is CCC1(C)NC(=O)N(CCCNC(=NC)NC2CCN(c3ccccc3)CC2)C1=O.I. The largest absolute Gasteiger partial charge is 0.371 e. The number of anilines is 1. The maximum atomic E-state index is 12.4. The van der Waals surface area contributed by atoms with E-state index in [-0.39, 0.29) is 35.9 Å². The Morgan fingerprint density at radius 2 is 1.90 bits per heavy atom. The average molecular weight is 542 g/mol. The Hall–Kier alpha value is -2.04. The zero-order valence-corrected chi connectivity index (χ0v) is 21.0. The van der Waals surface area contributed by atoms with Crippen molar-refractivity contribution in [2.45, 2.75) is 51.1 Å². The molecule has 2 fully saturated rings. The molecule has 9 heteroatoms. The van der Waals surface area contributed by atoms with Crippen LogP contribution in [0.5, 0.6) is 0 Å². The lowest BCUT2D eigenvalue weighted by molar-refractivity contribution is -0.130. The normalized spacial score (nSPS) is 22.2. The predicted molar refractivity (Wildman–Crippen MR) is 135 cm³/mol. The minimum atomic E-state index is -0.767. The van der Waals surface area contributed by atoms with Crippen molar-refractivity contribution in [3.8, 4) is 0 Å². The third-order valence-corrected chi connectivity index (χ3v) is 6.08. The second-order valence-corrected chi connectivity index (χ2v) is 8.17. The molecule has 0 spiro atoms. The minimum absolute atomic E-state index is 0. The maximum absolute atomic E-state index is 12.4.